The number of thioether (sulfide) groups is 1. The van der Waals surface area contributed by atoms with E-state index < -0.39 is 0 Å². The third-order valence-corrected chi connectivity index (χ3v) is 4.58. The van der Waals surface area contributed by atoms with Crippen molar-refractivity contribution in [2.45, 2.75) is 17.7 Å². The first-order valence-corrected chi connectivity index (χ1v) is 8.02. The van der Waals surface area contributed by atoms with Crippen LogP contribution in [0.2, 0.25) is 0 Å². The van der Waals surface area contributed by atoms with Gasteiger partial charge in [0.05, 0.1) is 0 Å². The first-order valence-electron chi connectivity index (χ1n) is 7.03. The maximum absolute atomic E-state index is 12.8. The highest BCUT2D eigenvalue weighted by Crippen LogP contribution is 2.20. The first kappa shape index (κ1) is 14.8. The Labute approximate surface area is 119 Å². The molecule has 1 heterocycles. The average molecular weight is 282 g/mol. The smallest absolute Gasteiger partial charge is 0.123 e. The van der Waals surface area contributed by atoms with Gasteiger partial charge in [0, 0.05) is 23.7 Å². The van der Waals surface area contributed by atoms with Gasteiger partial charge in [0.15, 0.2) is 0 Å². The van der Waals surface area contributed by atoms with E-state index in [0.717, 1.165) is 29.7 Å². The Morgan fingerprint density at radius 1 is 1.37 bits per heavy atom. The van der Waals surface area contributed by atoms with Crippen molar-refractivity contribution >= 4 is 11.8 Å². The van der Waals surface area contributed by atoms with E-state index in [2.05, 4.69) is 10.2 Å². The number of piperidine rings is 1. The van der Waals surface area contributed by atoms with Crippen molar-refractivity contribution in [3.05, 3.63) is 30.1 Å². The molecule has 1 fully saturated rings. The number of rotatable bonds is 6. The second-order valence-electron chi connectivity index (χ2n) is 5.17. The highest BCUT2D eigenvalue weighted by molar-refractivity contribution is 7.99. The zero-order valence-electron chi connectivity index (χ0n) is 11.6. The van der Waals surface area contributed by atoms with Crippen LogP contribution in [0.5, 0.6) is 0 Å². The van der Waals surface area contributed by atoms with E-state index in [1.807, 2.05) is 30.9 Å². The molecule has 4 heteroatoms. The van der Waals surface area contributed by atoms with E-state index in [-0.39, 0.29) is 5.82 Å². The molecular formula is C15H23FN2S. The lowest BCUT2D eigenvalue weighted by Crippen LogP contribution is -2.40. The third-order valence-electron chi connectivity index (χ3n) is 3.59. The summed E-state index contributed by atoms with van der Waals surface area (Å²) in [6.45, 7) is 4.69. The minimum absolute atomic E-state index is 0.157. The molecule has 0 radical (unpaired) electrons. The highest BCUT2D eigenvalue weighted by atomic mass is 32.2. The molecule has 1 aliphatic rings. The Balaban J connectivity index is 1.69. The fourth-order valence-electron chi connectivity index (χ4n) is 2.63. The second kappa shape index (κ2) is 7.88. The number of benzene rings is 1. The van der Waals surface area contributed by atoms with Gasteiger partial charge in [-0.05, 0) is 63.2 Å². The largest absolute Gasteiger partial charge is 0.319 e. The number of likely N-dealkylation sites (tertiary alicyclic amines) is 1. The topological polar surface area (TPSA) is 15.3 Å². The van der Waals surface area contributed by atoms with Gasteiger partial charge in [-0.25, -0.2) is 4.39 Å². The zero-order chi connectivity index (χ0) is 13.5. The highest BCUT2D eigenvalue weighted by Gasteiger charge is 2.18. The molecule has 0 spiro atoms. The zero-order valence-corrected chi connectivity index (χ0v) is 12.4. The van der Waals surface area contributed by atoms with Crippen LogP contribution in [0.3, 0.4) is 0 Å². The van der Waals surface area contributed by atoms with Crippen LogP contribution in [0, 0.1) is 11.7 Å². The first-order chi connectivity index (χ1) is 9.28. The van der Waals surface area contributed by atoms with Crippen molar-refractivity contribution in [1.29, 1.82) is 0 Å². The van der Waals surface area contributed by atoms with E-state index in [1.54, 1.807) is 0 Å². The van der Waals surface area contributed by atoms with Crippen LogP contribution in [-0.4, -0.2) is 43.9 Å². The summed E-state index contributed by atoms with van der Waals surface area (Å²) in [4.78, 5) is 3.72. The summed E-state index contributed by atoms with van der Waals surface area (Å²) >= 11 is 1.81. The van der Waals surface area contributed by atoms with Gasteiger partial charge in [-0.15, -0.1) is 11.8 Å². The van der Waals surface area contributed by atoms with Gasteiger partial charge in [0.2, 0.25) is 0 Å². The molecule has 1 aliphatic heterocycles. The Kier molecular flexibility index (Phi) is 6.14. The van der Waals surface area contributed by atoms with E-state index in [0.29, 0.717) is 0 Å². The number of hydrogen-bond acceptors (Lipinski definition) is 3. The van der Waals surface area contributed by atoms with Crippen molar-refractivity contribution in [2.24, 2.45) is 5.92 Å². The lowest BCUT2D eigenvalue weighted by atomic mass is 9.98. The average Bonchev–Trinajstić information content (AvgIpc) is 2.42. The molecule has 2 rings (SSSR count). The maximum Gasteiger partial charge on any atom is 0.123 e. The standard InChI is InChI=1S/C15H23FN2S/c1-17-11-13-3-2-8-18(12-13)9-10-19-15-6-4-14(16)5-7-15/h4-7,13,17H,2-3,8-12H2,1H3. The lowest BCUT2D eigenvalue weighted by molar-refractivity contribution is 0.183. The number of nitrogens with one attached hydrogen (secondary N) is 1. The summed E-state index contributed by atoms with van der Waals surface area (Å²) in [5.41, 5.74) is 0. The molecule has 106 valence electrons. The minimum Gasteiger partial charge on any atom is -0.319 e. The Morgan fingerprint density at radius 2 is 2.16 bits per heavy atom. The Hall–Kier alpha value is -0.580. The monoisotopic (exact) mass is 282 g/mol. The van der Waals surface area contributed by atoms with E-state index in [4.69, 9.17) is 0 Å². The molecule has 0 aliphatic carbocycles. The maximum atomic E-state index is 12.8. The van der Waals surface area contributed by atoms with Gasteiger partial charge in [-0.2, -0.15) is 0 Å². The molecule has 1 aromatic carbocycles. The minimum atomic E-state index is -0.157. The third kappa shape index (κ3) is 5.13. The summed E-state index contributed by atoms with van der Waals surface area (Å²) in [5.74, 6) is 1.72. The molecule has 1 saturated heterocycles. The van der Waals surface area contributed by atoms with Gasteiger partial charge < -0.3 is 10.2 Å². The van der Waals surface area contributed by atoms with E-state index in [1.165, 1.54) is 38.1 Å². The van der Waals surface area contributed by atoms with Crippen molar-refractivity contribution in [2.75, 3.05) is 39.0 Å². The molecule has 0 aromatic heterocycles. The number of hydrogen-bond donors (Lipinski definition) is 1. The molecule has 0 saturated carbocycles. The normalized spacial score (nSPS) is 20.6. The van der Waals surface area contributed by atoms with Crippen molar-refractivity contribution in [3.8, 4) is 0 Å². The van der Waals surface area contributed by atoms with Crippen LogP contribution in [0.15, 0.2) is 29.2 Å². The molecule has 1 N–H and O–H groups in total. The second-order valence-corrected chi connectivity index (χ2v) is 6.34. The van der Waals surface area contributed by atoms with Crippen molar-refractivity contribution in [1.82, 2.24) is 10.2 Å². The summed E-state index contributed by atoms with van der Waals surface area (Å²) in [6, 6.07) is 6.79. The van der Waals surface area contributed by atoms with Crippen LogP contribution in [-0.2, 0) is 0 Å². The predicted molar refractivity (Wildman–Crippen MR) is 80.2 cm³/mol. The molecule has 2 nitrogen and oxygen atoms in total. The van der Waals surface area contributed by atoms with Crippen molar-refractivity contribution < 1.29 is 4.39 Å². The van der Waals surface area contributed by atoms with Crippen LogP contribution in [0.25, 0.3) is 0 Å². The van der Waals surface area contributed by atoms with Crippen LogP contribution < -0.4 is 5.32 Å². The Morgan fingerprint density at radius 3 is 2.89 bits per heavy atom. The summed E-state index contributed by atoms with van der Waals surface area (Å²) in [6.07, 6.45) is 2.66. The van der Waals surface area contributed by atoms with Gasteiger partial charge in [0.1, 0.15) is 5.82 Å². The summed E-state index contributed by atoms with van der Waals surface area (Å²) in [5, 5.41) is 3.28. The van der Waals surface area contributed by atoms with Gasteiger partial charge in [-0.3, -0.25) is 0 Å². The summed E-state index contributed by atoms with van der Waals surface area (Å²) in [7, 11) is 2.03. The van der Waals surface area contributed by atoms with Gasteiger partial charge in [0.25, 0.3) is 0 Å². The SMILES string of the molecule is CNCC1CCCN(CCSc2ccc(F)cc2)C1. The quantitative estimate of drug-likeness (QED) is 0.808. The molecule has 1 aromatic rings. The van der Waals surface area contributed by atoms with Gasteiger partial charge in [-0.1, -0.05) is 0 Å². The van der Waals surface area contributed by atoms with E-state index in [9.17, 15) is 4.39 Å². The molecule has 19 heavy (non-hydrogen) atoms. The lowest BCUT2D eigenvalue weighted by Gasteiger charge is -2.32. The molecule has 1 atom stereocenters. The van der Waals surface area contributed by atoms with Crippen LogP contribution >= 0.6 is 11.8 Å². The van der Waals surface area contributed by atoms with Crippen molar-refractivity contribution in [3.63, 3.8) is 0 Å². The Bertz CT molecular complexity index is 367. The van der Waals surface area contributed by atoms with E-state index >= 15 is 0 Å². The molecule has 0 bridgehead atoms. The predicted octanol–water partition coefficient (Wildman–Crippen LogP) is 2.85. The van der Waals surface area contributed by atoms with Crippen LogP contribution in [0.4, 0.5) is 4.39 Å². The van der Waals surface area contributed by atoms with Gasteiger partial charge >= 0.3 is 0 Å². The molecular weight excluding hydrogens is 259 g/mol. The number of nitrogens with zero attached hydrogens (tertiary/aromatic N) is 1. The van der Waals surface area contributed by atoms with Crippen LogP contribution in [0.1, 0.15) is 12.8 Å². The fraction of sp³-hybridized carbons (Fsp3) is 0.600. The molecule has 1 unspecified atom stereocenters. The summed E-state index contributed by atoms with van der Waals surface area (Å²) < 4.78 is 12.8. The number of halogens is 1. The fourth-order valence-corrected chi connectivity index (χ4v) is 3.55. The molecule has 0 amide bonds.